The van der Waals surface area contributed by atoms with Crippen LogP contribution >= 0.6 is 0 Å². The minimum Gasteiger partial charge on any atom is -0.399 e. The van der Waals surface area contributed by atoms with Crippen molar-refractivity contribution in [1.29, 1.82) is 0 Å². The van der Waals surface area contributed by atoms with Gasteiger partial charge in [0.15, 0.2) is 0 Å². The van der Waals surface area contributed by atoms with Crippen LogP contribution in [-0.4, -0.2) is 22.5 Å². The van der Waals surface area contributed by atoms with Crippen molar-refractivity contribution in [3.63, 3.8) is 0 Å². The van der Waals surface area contributed by atoms with Crippen molar-refractivity contribution >= 4 is 21.3 Å². The number of benzene rings is 1. The van der Waals surface area contributed by atoms with E-state index in [4.69, 9.17) is 5.73 Å². The Hall–Kier alpha value is -1.57. The van der Waals surface area contributed by atoms with Crippen LogP contribution in [0.2, 0.25) is 0 Å². The molecule has 17 heavy (non-hydrogen) atoms. The highest BCUT2D eigenvalue weighted by Gasteiger charge is 2.39. The van der Waals surface area contributed by atoms with Crippen LogP contribution in [0.15, 0.2) is 33.5 Å². The number of halogens is 3. The van der Waals surface area contributed by atoms with E-state index in [9.17, 15) is 22.2 Å². The molecular weight excluding hydrogens is 257 g/mol. The largest absolute Gasteiger partial charge is 0.474 e. The fourth-order valence-corrected chi connectivity index (χ4v) is 2.15. The lowest BCUT2D eigenvalue weighted by Crippen LogP contribution is -2.21. The predicted octanol–water partition coefficient (Wildman–Crippen LogP) is 1.81. The van der Waals surface area contributed by atoms with Crippen LogP contribution in [0, 0.1) is 0 Å². The Morgan fingerprint density at radius 1 is 1.29 bits per heavy atom. The summed E-state index contributed by atoms with van der Waals surface area (Å²) in [5, 5.41) is 0. The third kappa shape index (κ3) is 3.45. The van der Waals surface area contributed by atoms with E-state index in [2.05, 4.69) is 4.36 Å². The summed E-state index contributed by atoms with van der Waals surface area (Å²) < 4.78 is 50.4. The second-order valence-corrected chi connectivity index (χ2v) is 5.52. The highest BCUT2D eigenvalue weighted by molar-refractivity contribution is 7.93. The molecule has 1 aromatic carbocycles. The molecule has 0 aliphatic carbocycles. The highest BCUT2D eigenvalue weighted by Crippen LogP contribution is 2.20. The number of anilines is 1. The van der Waals surface area contributed by atoms with Crippen molar-refractivity contribution in [3.05, 3.63) is 24.3 Å². The summed E-state index contributed by atoms with van der Waals surface area (Å²) in [6, 6.07) is 5.27. The summed E-state index contributed by atoms with van der Waals surface area (Å²) in [4.78, 5) is 10.6. The minimum absolute atomic E-state index is 0.0179. The number of rotatable bonds is 1. The molecule has 0 radical (unpaired) electrons. The molecule has 0 saturated carbocycles. The lowest BCUT2D eigenvalue weighted by molar-refractivity contribution is -0.169. The molecule has 0 aromatic heterocycles. The van der Waals surface area contributed by atoms with Crippen LogP contribution < -0.4 is 5.73 Å². The molecule has 4 nitrogen and oxygen atoms in total. The topological polar surface area (TPSA) is 72.5 Å². The first kappa shape index (κ1) is 13.5. The van der Waals surface area contributed by atoms with Crippen LogP contribution in [0.4, 0.5) is 18.9 Å². The van der Waals surface area contributed by atoms with Crippen molar-refractivity contribution < 1.29 is 22.2 Å². The van der Waals surface area contributed by atoms with Gasteiger partial charge in [0, 0.05) is 16.8 Å². The van der Waals surface area contributed by atoms with Crippen LogP contribution in [0.25, 0.3) is 0 Å². The summed E-state index contributed by atoms with van der Waals surface area (Å²) in [6.45, 7) is 0. The number of carbonyl (C=O) groups is 1. The van der Waals surface area contributed by atoms with Crippen molar-refractivity contribution in [2.75, 3.05) is 12.0 Å². The van der Waals surface area contributed by atoms with E-state index in [1.54, 1.807) is 0 Å². The van der Waals surface area contributed by atoms with Gasteiger partial charge in [-0.2, -0.15) is 13.2 Å². The van der Waals surface area contributed by atoms with Gasteiger partial charge in [-0.1, -0.05) is 0 Å². The second-order valence-electron chi connectivity index (χ2n) is 3.27. The van der Waals surface area contributed by atoms with Gasteiger partial charge in [0.25, 0.3) is 0 Å². The molecule has 1 rings (SSSR count). The maximum atomic E-state index is 12.0. The van der Waals surface area contributed by atoms with Crippen LogP contribution in [0.1, 0.15) is 0 Å². The van der Waals surface area contributed by atoms with Gasteiger partial charge in [-0.15, -0.1) is 4.36 Å². The molecule has 0 unspecified atom stereocenters. The molecule has 0 heterocycles. The predicted molar refractivity (Wildman–Crippen MR) is 56.7 cm³/mol. The third-order valence-electron chi connectivity index (χ3n) is 1.82. The molecule has 0 spiro atoms. The number of alkyl halides is 3. The number of nitrogen functional groups attached to an aromatic ring is 1. The normalized spacial score (nSPS) is 15.1. The van der Waals surface area contributed by atoms with Crippen molar-refractivity contribution in [2.24, 2.45) is 4.36 Å². The zero-order valence-electron chi connectivity index (χ0n) is 8.69. The van der Waals surface area contributed by atoms with Crippen LogP contribution in [0.3, 0.4) is 0 Å². The van der Waals surface area contributed by atoms with Gasteiger partial charge in [-0.25, -0.2) is 4.21 Å². The molecule has 0 saturated heterocycles. The number of hydrogen-bond acceptors (Lipinski definition) is 3. The molecule has 1 atom stereocenters. The molecule has 1 aromatic rings. The van der Waals surface area contributed by atoms with Gasteiger partial charge in [-0.3, -0.25) is 4.79 Å². The zero-order chi connectivity index (χ0) is 13.3. The third-order valence-corrected chi connectivity index (χ3v) is 3.48. The fraction of sp³-hybridized carbons (Fsp3) is 0.222. The highest BCUT2D eigenvalue weighted by atomic mass is 32.2. The molecule has 0 bridgehead atoms. The zero-order valence-corrected chi connectivity index (χ0v) is 9.51. The van der Waals surface area contributed by atoms with E-state index in [1.807, 2.05) is 0 Å². The Bertz CT molecular complexity index is 542. The molecular formula is C9H9F3N2O2S. The average Bonchev–Trinajstić information content (AvgIpc) is 2.16. The maximum absolute atomic E-state index is 12.0. The minimum atomic E-state index is -5.12. The Balaban J connectivity index is 3.20. The summed E-state index contributed by atoms with van der Waals surface area (Å²) in [7, 11) is -3.41. The second kappa shape index (κ2) is 4.36. The molecule has 0 fully saturated rings. The van der Waals surface area contributed by atoms with E-state index < -0.39 is 21.8 Å². The smallest absolute Gasteiger partial charge is 0.399 e. The fourth-order valence-electron chi connectivity index (χ4n) is 0.983. The maximum Gasteiger partial charge on any atom is 0.474 e. The first-order chi connectivity index (χ1) is 7.63. The van der Waals surface area contributed by atoms with E-state index >= 15 is 0 Å². The number of nitrogens with two attached hydrogens (primary N) is 1. The summed E-state index contributed by atoms with van der Waals surface area (Å²) >= 11 is 0. The monoisotopic (exact) mass is 266 g/mol. The first-order valence-corrected chi connectivity index (χ1v) is 6.24. The van der Waals surface area contributed by atoms with Crippen molar-refractivity contribution in [3.8, 4) is 0 Å². The van der Waals surface area contributed by atoms with Gasteiger partial charge in [0.05, 0.1) is 9.73 Å². The Kier molecular flexibility index (Phi) is 3.46. The van der Waals surface area contributed by atoms with E-state index in [-0.39, 0.29) is 4.90 Å². The lowest BCUT2D eigenvalue weighted by Gasteiger charge is -2.05. The number of amides is 1. The van der Waals surface area contributed by atoms with Crippen molar-refractivity contribution in [2.45, 2.75) is 11.1 Å². The van der Waals surface area contributed by atoms with Crippen LogP contribution in [-0.2, 0) is 14.5 Å². The standard InChI is InChI=1S/C9H9F3N2O2S/c1-17(16,14-8(15)9(10,11)12)7-4-2-6(13)3-5-7/h2-5H,13H2,1H3/t17-/m1/s1. The van der Waals surface area contributed by atoms with Gasteiger partial charge >= 0.3 is 12.1 Å². The van der Waals surface area contributed by atoms with Crippen molar-refractivity contribution in [1.82, 2.24) is 0 Å². The average molecular weight is 266 g/mol. The summed E-state index contributed by atoms with van der Waals surface area (Å²) in [5.41, 5.74) is 5.74. The SMILES string of the molecule is C[S@](=O)(=NC(=O)C(F)(F)F)c1ccc(N)cc1. The van der Waals surface area contributed by atoms with Crippen LogP contribution in [0.5, 0.6) is 0 Å². The van der Waals surface area contributed by atoms with Gasteiger partial charge in [0.1, 0.15) is 0 Å². The van der Waals surface area contributed by atoms with E-state index in [0.717, 1.165) is 6.26 Å². The molecule has 0 aliphatic rings. The number of hydrogen-bond donors (Lipinski definition) is 1. The molecule has 0 aliphatic heterocycles. The van der Waals surface area contributed by atoms with E-state index in [1.165, 1.54) is 24.3 Å². The molecule has 2 N–H and O–H groups in total. The Labute approximate surface area is 95.8 Å². The molecule has 1 amide bonds. The quantitative estimate of drug-likeness (QED) is 0.788. The van der Waals surface area contributed by atoms with Gasteiger partial charge < -0.3 is 5.73 Å². The summed E-state index contributed by atoms with van der Waals surface area (Å²) in [6.07, 6.45) is -4.16. The Morgan fingerprint density at radius 3 is 2.18 bits per heavy atom. The van der Waals surface area contributed by atoms with E-state index in [0.29, 0.717) is 5.69 Å². The number of carbonyl (C=O) groups excluding carboxylic acids is 1. The molecule has 94 valence electrons. The first-order valence-electron chi connectivity index (χ1n) is 4.32. The lowest BCUT2D eigenvalue weighted by atomic mass is 10.3. The summed E-state index contributed by atoms with van der Waals surface area (Å²) in [5.74, 6) is -2.36. The van der Waals surface area contributed by atoms with Gasteiger partial charge in [0.2, 0.25) is 0 Å². The molecule has 8 heteroatoms. The Morgan fingerprint density at radius 2 is 1.76 bits per heavy atom. The number of nitrogens with zero attached hydrogens (tertiary/aromatic N) is 1. The van der Waals surface area contributed by atoms with Gasteiger partial charge in [-0.05, 0) is 24.3 Å².